The van der Waals surface area contributed by atoms with Crippen LogP contribution in [-0.4, -0.2) is 29.6 Å². The molecule has 12 heavy (non-hydrogen) atoms. The first-order valence-electron chi connectivity index (χ1n) is 3.85. The Balaban J connectivity index is 2.52. The Morgan fingerprint density at radius 2 is 2.25 bits per heavy atom. The van der Waals surface area contributed by atoms with Crippen molar-refractivity contribution in [3.63, 3.8) is 0 Å². The lowest BCUT2D eigenvalue weighted by molar-refractivity contribution is -0.142. The van der Waals surface area contributed by atoms with Crippen LogP contribution in [-0.2, 0) is 9.59 Å². The molecule has 0 bridgehead atoms. The van der Waals surface area contributed by atoms with Gasteiger partial charge in [-0.25, -0.2) is 0 Å². The zero-order valence-corrected chi connectivity index (χ0v) is 6.62. The molecule has 5 nitrogen and oxygen atoms in total. The van der Waals surface area contributed by atoms with Crippen LogP contribution in [0.15, 0.2) is 0 Å². The number of carbonyl (C=O) groups excluding carboxylic acids is 1. The molecule has 1 unspecified atom stereocenters. The molecule has 5 heteroatoms. The van der Waals surface area contributed by atoms with E-state index in [-0.39, 0.29) is 12.5 Å². The van der Waals surface area contributed by atoms with Crippen molar-refractivity contribution < 1.29 is 14.7 Å². The fourth-order valence-corrected chi connectivity index (χ4v) is 1.49. The summed E-state index contributed by atoms with van der Waals surface area (Å²) in [4.78, 5) is 21.1. The van der Waals surface area contributed by atoms with Crippen LogP contribution in [0.2, 0.25) is 0 Å². The fraction of sp³-hybridized carbons (Fsp3) is 0.714. The fourth-order valence-electron chi connectivity index (χ4n) is 1.49. The number of primary amides is 1. The van der Waals surface area contributed by atoms with Gasteiger partial charge in [-0.05, 0) is 13.0 Å². The minimum absolute atomic E-state index is 0.108. The highest BCUT2D eigenvalue weighted by atomic mass is 16.4. The number of aliphatic carboxylic acids is 1. The van der Waals surface area contributed by atoms with Crippen molar-refractivity contribution in [2.75, 3.05) is 6.54 Å². The molecule has 1 amide bonds. The largest absolute Gasteiger partial charge is 0.481 e. The maximum Gasteiger partial charge on any atom is 0.308 e. The lowest BCUT2D eigenvalue weighted by atomic mass is 9.98. The molecule has 0 spiro atoms. The van der Waals surface area contributed by atoms with Gasteiger partial charge >= 0.3 is 5.97 Å². The van der Waals surface area contributed by atoms with E-state index in [4.69, 9.17) is 10.8 Å². The Morgan fingerprint density at radius 3 is 2.75 bits per heavy atom. The highest BCUT2D eigenvalue weighted by Gasteiger charge is 2.33. The number of hydrogen-bond donors (Lipinski definition) is 3. The highest BCUT2D eigenvalue weighted by Crippen LogP contribution is 2.17. The summed E-state index contributed by atoms with van der Waals surface area (Å²) in [7, 11) is 0. The molecular formula is C7H12N2O3. The van der Waals surface area contributed by atoms with Gasteiger partial charge < -0.3 is 16.2 Å². The molecule has 1 heterocycles. The van der Waals surface area contributed by atoms with E-state index >= 15 is 0 Å². The number of carboxylic acids is 1. The summed E-state index contributed by atoms with van der Waals surface area (Å²) in [5, 5.41) is 11.6. The van der Waals surface area contributed by atoms with Gasteiger partial charge in [0.05, 0.1) is 5.92 Å². The van der Waals surface area contributed by atoms with Gasteiger partial charge in [0.15, 0.2) is 0 Å². The molecule has 1 aliphatic rings. The number of amides is 1. The number of nitrogens with two attached hydrogens (primary N) is 1. The molecule has 1 aliphatic heterocycles. The number of carboxylic acid groups (broad SMARTS) is 1. The van der Waals surface area contributed by atoms with Crippen LogP contribution in [0.4, 0.5) is 0 Å². The first kappa shape index (κ1) is 8.99. The van der Waals surface area contributed by atoms with Gasteiger partial charge in [0, 0.05) is 12.5 Å². The first-order valence-corrected chi connectivity index (χ1v) is 3.85. The van der Waals surface area contributed by atoms with Gasteiger partial charge in [-0.3, -0.25) is 9.59 Å². The number of carbonyl (C=O) groups is 2. The van der Waals surface area contributed by atoms with Crippen LogP contribution in [0.1, 0.15) is 12.8 Å². The monoisotopic (exact) mass is 172 g/mol. The Hall–Kier alpha value is -1.10. The number of hydrogen-bond acceptors (Lipinski definition) is 3. The second-order valence-electron chi connectivity index (χ2n) is 2.96. The van der Waals surface area contributed by atoms with Crippen molar-refractivity contribution in [2.45, 2.75) is 18.9 Å². The molecular weight excluding hydrogens is 160 g/mol. The third-order valence-electron chi connectivity index (χ3n) is 2.09. The Morgan fingerprint density at radius 1 is 1.58 bits per heavy atom. The van der Waals surface area contributed by atoms with E-state index in [1.807, 2.05) is 0 Å². The standard InChI is InChI=1S/C7H12N2O3/c8-6(10)3-5-4(7(11)12)1-2-9-5/h4-5,9H,1-3H2,(H2,8,10)(H,11,12)/t4-,5?/m0/s1. The normalized spacial score (nSPS) is 28.7. The molecule has 0 aromatic carbocycles. The zero-order valence-electron chi connectivity index (χ0n) is 6.62. The molecule has 2 atom stereocenters. The van der Waals surface area contributed by atoms with E-state index in [0.29, 0.717) is 13.0 Å². The summed E-state index contributed by atoms with van der Waals surface area (Å²) in [5.41, 5.74) is 4.96. The molecule has 0 aromatic heterocycles. The summed E-state index contributed by atoms with van der Waals surface area (Å²) in [6.45, 7) is 0.648. The molecule has 1 fully saturated rings. The quantitative estimate of drug-likeness (QED) is 0.505. The van der Waals surface area contributed by atoms with E-state index in [9.17, 15) is 9.59 Å². The summed E-state index contributed by atoms with van der Waals surface area (Å²) in [5.74, 6) is -1.77. The van der Waals surface area contributed by atoms with Crippen molar-refractivity contribution >= 4 is 11.9 Å². The highest BCUT2D eigenvalue weighted by molar-refractivity contribution is 5.77. The van der Waals surface area contributed by atoms with Gasteiger partial charge in [-0.2, -0.15) is 0 Å². The van der Waals surface area contributed by atoms with Gasteiger partial charge in [0.2, 0.25) is 5.91 Å². The summed E-state index contributed by atoms with van der Waals surface area (Å²) >= 11 is 0. The predicted molar refractivity (Wildman–Crippen MR) is 41.3 cm³/mol. The molecule has 1 saturated heterocycles. The van der Waals surface area contributed by atoms with E-state index in [1.54, 1.807) is 0 Å². The van der Waals surface area contributed by atoms with Gasteiger partial charge in [-0.1, -0.05) is 0 Å². The van der Waals surface area contributed by atoms with E-state index < -0.39 is 17.8 Å². The molecule has 4 N–H and O–H groups in total. The second-order valence-corrected chi connectivity index (χ2v) is 2.96. The Bertz CT molecular complexity index is 205. The number of nitrogens with one attached hydrogen (secondary N) is 1. The summed E-state index contributed by atoms with van der Waals surface area (Å²) in [6, 6.07) is -0.278. The van der Waals surface area contributed by atoms with Crippen molar-refractivity contribution in [1.82, 2.24) is 5.32 Å². The van der Waals surface area contributed by atoms with Gasteiger partial charge in [-0.15, -0.1) is 0 Å². The van der Waals surface area contributed by atoms with Crippen LogP contribution in [0, 0.1) is 5.92 Å². The number of rotatable bonds is 3. The summed E-state index contributed by atoms with van der Waals surface area (Å²) < 4.78 is 0. The Kier molecular flexibility index (Phi) is 2.65. The zero-order chi connectivity index (χ0) is 9.14. The van der Waals surface area contributed by atoms with Gasteiger partial charge in [0.25, 0.3) is 0 Å². The minimum atomic E-state index is -0.855. The Labute approximate surface area is 69.9 Å². The lowest BCUT2D eigenvalue weighted by Gasteiger charge is -2.12. The van der Waals surface area contributed by atoms with Crippen molar-refractivity contribution in [2.24, 2.45) is 11.7 Å². The molecule has 0 aliphatic carbocycles. The predicted octanol–water partition coefficient (Wildman–Crippen LogP) is -1.08. The van der Waals surface area contributed by atoms with Crippen LogP contribution in [0.25, 0.3) is 0 Å². The van der Waals surface area contributed by atoms with Crippen LogP contribution >= 0.6 is 0 Å². The first-order chi connectivity index (χ1) is 5.61. The van der Waals surface area contributed by atoms with E-state index in [1.165, 1.54) is 0 Å². The van der Waals surface area contributed by atoms with Crippen molar-refractivity contribution in [1.29, 1.82) is 0 Å². The van der Waals surface area contributed by atoms with Crippen LogP contribution < -0.4 is 11.1 Å². The minimum Gasteiger partial charge on any atom is -0.481 e. The van der Waals surface area contributed by atoms with E-state index in [2.05, 4.69) is 5.32 Å². The maximum atomic E-state index is 10.6. The van der Waals surface area contributed by atoms with Crippen molar-refractivity contribution in [3.8, 4) is 0 Å². The average molecular weight is 172 g/mol. The molecule has 1 rings (SSSR count). The van der Waals surface area contributed by atoms with Crippen LogP contribution in [0.3, 0.4) is 0 Å². The topological polar surface area (TPSA) is 92.4 Å². The maximum absolute atomic E-state index is 10.6. The van der Waals surface area contributed by atoms with Crippen molar-refractivity contribution in [3.05, 3.63) is 0 Å². The third kappa shape index (κ3) is 1.94. The lowest BCUT2D eigenvalue weighted by Crippen LogP contribution is -2.35. The molecule has 0 aromatic rings. The van der Waals surface area contributed by atoms with Gasteiger partial charge in [0.1, 0.15) is 0 Å². The molecule has 0 radical (unpaired) electrons. The SMILES string of the molecule is NC(=O)CC1NCC[C@@H]1C(=O)O. The summed E-state index contributed by atoms with van der Waals surface area (Å²) in [6.07, 6.45) is 0.685. The van der Waals surface area contributed by atoms with Crippen LogP contribution in [0.5, 0.6) is 0 Å². The average Bonchev–Trinajstić information content (AvgIpc) is 2.33. The molecule has 0 saturated carbocycles. The third-order valence-corrected chi connectivity index (χ3v) is 2.09. The smallest absolute Gasteiger partial charge is 0.308 e. The second kappa shape index (κ2) is 3.53. The van der Waals surface area contributed by atoms with E-state index in [0.717, 1.165) is 0 Å². The molecule has 68 valence electrons.